The number of aromatic nitrogens is 3. The maximum absolute atomic E-state index is 5.80. The lowest BCUT2D eigenvalue weighted by Crippen LogP contribution is -2.06. The van der Waals surface area contributed by atoms with Gasteiger partial charge in [0, 0.05) is 11.8 Å². The molecule has 102 valence electrons. The predicted molar refractivity (Wildman–Crippen MR) is 74.3 cm³/mol. The Kier molecular flexibility index (Phi) is 4.35. The van der Waals surface area contributed by atoms with Crippen molar-refractivity contribution in [2.45, 2.75) is 19.8 Å². The molecule has 0 aliphatic carbocycles. The van der Waals surface area contributed by atoms with E-state index in [1.807, 2.05) is 19.1 Å². The molecular weight excluding hydrogens is 242 g/mol. The number of anilines is 1. The Bertz CT molecular complexity index is 538. The number of nitrogens with zero attached hydrogens (tertiary/aromatic N) is 3. The van der Waals surface area contributed by atoms with Crippen LogP contribution in [0.2, 0.25) is 0 Å². The van der Waals surface area contributed by atoms with E-state index < -0.39 is 0 Å². The lowest BCUT2D eigenvalue weighted by atomic mass is 10.2. The number of unbranched alkanes of at least 4 members (excludes halogenated alkanes) is 1. The molecule has 0 saturated carbocycles. The molecule has 1 heterocycles. The Morgan fingerprint density at radius 2 is 2.16 bits per heavy atom. The summed E-state index contributed by atoms with van der Waals surface area (Å²) < 4.78 is 7.45. The van der Waals surface area contributed by atoms with Gasteiger partial charge >= 0.3 is 0 Å². The Morgan fingerprint density at radius 3 is 2.84 bits per heavy atom. The SMILES string of the molecule is Cc1ncn(-c2ccc(N)cc2OCCCCN)n1. The summed E-state index contributed by atoms with van der Waals surface area (Å²) in [5.74, 6) is 1.42. The second-order valence-corrected chi connectivity index (χ2v) is 4.31. The average Bonchev–Trinajstić information content (AvgIpc) is 2.81. The van der Waals surface area contributed by atoms with Crippen molar-refractivity contribution in [1.29, 1.82) is 0 Å². The van der Waals surface area contributed by atoms with Gasteiger partial charge in [0.15, 0.2) is 0 Å². The first-order chi connectivity index (χ1) is 9.20. The van der Waals surface area contributed by atoms with Gasteiger partial charge in [-0.2, -0.15) is 5.10 Å². The maximum Gasteiger partial charge on any atom is 0.147 e. The van der Waals surface area contributed by atoms with Gasteiger partial charge in [-0.25, -0.2) is 9.67 Å². The van der Waals surface area contributed by atoms with Crippen LogP contribution < -0.4 is 16.2 Å². The Balaban J connectivity index is 2.18. The first-order valence-corrected chi connectivity index (χ1v) is 6.31. The van der Waals surface area contributed by atoms with Crippen molar-refractivity contribution in [2.75, 3.05) is 18.9 Å². The zero-order chi connectivity index (χ0) is 13.7. The minimum atomic E-state index is 0.612. The quantitative estimate of drug-likeness (QED) is 0.603. The van der Waals surface area contributed by atoms with E-state index in [4.69, 9.17) is 16.2 Å². The molecule has 19 heavy (non-hydrogen) atoms. The fourth-order valence-corrected chi connectivity index (χ4v) is 1.73. The van der Waals surface area contributed by atoms with Crippen molar-refractivity contribution >= 4 is 5.69 Å². The average molecular weight is 261 g/mol. The maximum atomic E-state index is 5.80. The molecule has 0 unspecified atom stereocenters. The number of ether oxygens (including phenoxy) is 1. The summed E-state index contributed by atoms with van der Waals surface area (Å²) >= 11 is 0. The van der Waals surface area contributed by atoms with E-state index in [0.29, 0.717) is 30.4 Å². The standard InChI is InChI=1S/C13H19N5O/c1-10-16-9-18(17-10)12-5-4-11(15)8-13(12)19-7-3-2-6-14/h4-5,8-9H,2-3,6-7,14-15H2,1H3. The van der Waals surface area contributed by atoms with Gasteiger partial charge in [-0.05, 0) is 38.4 Å². The minimum Gasteiger partial charge on any atom is -0.491 e. The van der Waals surface area contributed by atoms with Crippen LogP contribution in [0.4, 0.5) is 5.69 Å². The number of hydrogen-bond acceptors (Lipinski definition) is 5. The van der Waals surface area contributed by atoms with Crippen molar-refractivity contribution in [3.63, 3.8) is 0 Å². The summed E-state index contributed by atoms with van der Waals surface area (Å²) in [6.45, 7) is 3.13. The number of nitrogen functional groups attached to an aromatic ring is 1. The van der Waals surface area contributed by atoms with Gasteiger partial charge in [0.1, 0.15) is 23.6 Å². The van der Waals surface area contributed by atoms with E-state index in [1.54, 1.807) is 17.1 Å². The Labute approximate surface area is 112 Å². The molecule has 1 aromatic heterocycles. The smallest absolute Gasteiger partial charge is 0.147 e. The molecular formula is C13H19N5O. The van der Waals surface area contributed by atoms with Gasteiger partial charge < -0.3 is 16.2 Å². The van der Waals surface area contributed by atoms with Crippen LogP contribution in [0.25, 0.3) is 5.69 Å². The molecule has 0 amide bonds. The topological polar surface area (TPSA) is 92.0 Å². The summed E-state index contributed by atoms with van der Waals surface area (Å²) in [6.07, 6.45) is 3.52. The molecule has 2 aromatic rings. The van der Waals surface area contributed by atoms with Crippen molar-refractivity contribution in [3.8, 4) is 11.4 Å². The summed E-state index contributed by atoms with van der Waals surface area (Å²) in [5.41, 5.74) is 12.8. The summed E-state index contributed by atoms with van der Waals surface area (Å²) in [5, 5.41) is 4.28. The highest BCUT2D eigenvalue weighted by Gasteiger charge is 2.08. The highest BCUT2D eigenvalue weighted by molar-refractivity contribution is 5.55. The second-order valence-electron chi connectivity index (χ2n) is 4.31. The van der Waals surface area contributed by atoms with Gasteiger partial charge in [0.2, 0.25) is 0 Å². The van der Waals surface area contributed by atoms with Crippen molar-refractivity contribution in [3.05, 3.63) is 30.4 Å². The number of rotatable bonds is 6. The molecule has 0 aliphatic rings. The molecule has 0 spiro atoms. The zero-order valence-electron chi connectivity index (χ0n) is 11.0. The van der Waals surface area contributed by atoms with Gasteiger partial charge in [0.25, 0.3) is 0 Å². The van der Waals surface area contributed by atoms with Crippen molar-refractivity contribution in [1.82, 2.24) is 14.8 Å². The number of benzene rings is 1. The molecule has 6 nitrogen and oxygen atoms in total. The fraction of sp³-hybridized carbons (Fsp3) is 0.385. The fourth-order valence-electron chi connectivity index (χ4n) is 1.73. The van der Waals surface area contributed by atoms with Gasteiger partial charge in [-0.3, -0.25) is 0 Å². The Morgan fingerprint density at radius 1 is 1.32 bits per heavy atom. The summed E-state index contributed by atoms with van der Waals surface area (Å²) in [7, 11) is 0. The third kappa shape index (κ3) is 3.45. The van der Waals surface area contributed by atoms with Crippen molar-refractivity contribution < 1.29 is 4.74 Å². The number of aryl methyl sites for hydroxylation is 1. The molecule has 6 heteroatoms. The molecule has 0 saturated heterocycles. The Hall–Kier alpha value is -2.08. The monoisotopic (exact) mass is 261 g/mol. The van der Waals surface area contributed by atoms with E-state index in [-0.39, 0.29) is 0 Å². The number of nitrogens with two attached hydrogens (primary N) is 2. The highest BCUT2D eigenvalue weighted by Crippen LogP contribution is 2.25. The second kappa shape index (κ2) is 6.19. The zero-order valence-corrected chi connectivity index (χ0v) is 11.0. The third-order valence-electron chi connectivity index (χ3n) is 2.69. The van der Waals surface area contributed by atoms with E-state index in [2.05, 4.69) is 10.1 Å². The molecule has 0 aliphatic heterocycles. The highest BCUT2D eigenvalue weighted by atomic mass is 16.5. The van der Waals surface area contributed by atoms with Crippen LogP contribution in [0.5, 0.6) is 5.75 Å². The van der Waals surface area contributed by atoms with Crippen molar-refractivity contribution in [2.24, 2.45) is 5.73 Å². The minimum absolute atomic E-state index is 0.612. The van der Waals surface area contributed by atoms with Gasteiger partial charge in [-0.1, -0.05) is 0 Å². The lowest BCUT2D eigenvalue weighted by molar-refractivity contribution is 0.306. The molecule has 0 bridgehead atoms. The summed E-state index contributed by atoms with van der Waals surface area (Å²) in [6, 6.07) is 5.50. The molecule has 1 aromatic carbocycles. The molecule has 0 radical (unpaired) electrons. The van der Waals surface area contributed by atoms with Crippen LogP contribution in [0.1, 0.15) is 18.7 Å². The molecule has 2 rings (SSSR count). The molecule has 0 fully saturated rings. The van der Waals surface area contributed by atoms with E-state index in [1.165, 1.54) is 0 Å². The first-order valence-electron chi connectivity index (χ1n) is 6.31. The largest absolute Gasteiger partial charge is 0.491 e. The van der Waals surface area contributed by atoms with Gasteiger partial charge in [-0.15, -0.1) is 0 Å². The van der Waals surface area contributed by atoms with E-state index >= 15 is 0 Å². The van der Waals surface area contributed by atoms with Crippen LogP contribution in [-0.4, -0.2) is 27.9 Å². The molecule has 4 N–H and O–H groups in total. The van der Waals surface area contributed by atoms with Crippen LogP contribution in [0.15, 0.2) is 24.5 Å². The number of hydrogen-bond donors (Lipinski definition) is 2. The van der Waals surface area contributed by atoms with E-state index in [0.717, 1.165) is 18.5 Å². The predicted octanol–water partition coefficient (Wildman–Crippen LogP) is 1.28. The van der Waals surface area contributed by atoms with Crippen LogP contribution in [0.3, 0.4) is 0 Å². The lowest BCUT2D eigenvalue weighted by Gasteiger charge is -2.11. The van der Waals surface area contributed by atoms with Crippen LogP contribution >= 0.6 is 0 Å². The third-order valence-corrected chi connectivity index (χ3v) is 2.69. The van der Waals surface area contributed by atoms with Crippen LogP contribution in [-0.2, 0) is 0 Å². The van der Waals surface area contributed by atoms with E-state index in [9.17, 15) is 0 Å². The first kappa shape index (κ1) is 13.4. The molecule has 0 atom stereocenters. The summed E-state index contributed by atoms with van der Waals surface area (Å²) in [4.78, 5) is 4.11. The normalized spacial score (nSPS) is 10.6. The van der Waals surface area contributed by atoms with Crippen LogP contribution in [0, 0.1) is 6.92 Å². The van der Waals surface area contributed by atoms with Gasteiger partial charge in [0.05, 0.1) is 6.61 Å².